The molecular formula is C16H22FN3O2. The van der Waals surface area contributed by atoms with E-state index >= 15 is 0 Å². The Bertz CT molecular complexity index is 598. The fourth-order valence-corrected chi connectivity index (χ4v) is 2.36. The van der Waals surface area contributed by atoms with Crippen molar-refractivity contribution in [1.82, 2.24) is 15.1 Å². The Hall–Kier alpha value is -1.76. The first-order valence-electron chi connectivity index (χ1n) is 7.23. The van der Waals surface area contributed by atoms with Gasteiger partial charge in [-0.2, -0.15) is 5.10 Å². The number of aliphatic hydroxyl groups excluding tert-OH is 1. The third-order valence-corrected chi connectivity index (χ3v) is 3.60. The highest BCUT2D eigenvalue weighted by Gasteiger charge is 2.15. The van der Waals surface area contributed by atoms with E-state index in [-0.39, 0.29) is 11.9 Å². The third kappa shape index (κ3) is 3.91. The highest BCUT2D eigenvalue weighted by molar-refractivity contribution is 5.35. The van der Waals surface area contributed by atoms with Gasteiger partial charge in [0.1, 0.15) is 5.82 Å². The Labute approximate surface area is 129 Å². The van der Waals surface area contributed by atoms with Crippen molar-refractivity contribution in [2.45, 2.75) is 26.0 Å². The number of halogens is 1. The summed E-state index contributed by atoms with van der Waals surface area (Å²) in [6.07, 6.45) is 1.25. The number of nitrogens with zero attached hydrogens (tertiary/aromatic N) is 2. The van der Waals surface area contributed by atoms with Crippen molar-refractivity contribution in [1.29, 1.82) is 0 Å². The van der Waals surface area contributed by atoms with Crippen molar-refractivity contribution in [3.8, 4) is 5.69 Å². The number of aromatic nitrogens is 2. The molecule has 0 fully saturated rings. The van der Waals surface area contributed by atoms with E-state index in [4.69, 9.17) is 4.74 Å². The second-order valence-corrected chi connectivity index (χ2v) is 5.31. The molecule has 2 rings (SSSR count). The average Bonchev–Trinajstić information content (AvgIpc) is 2.88. The van der Waals surface area contributed by atoms with Gasteiger partial charge in [0.25, 0.3) is 0 Å². The minimum absolute atomic E-state index is 0.0423. The molecule has 0 aliphatic heterocycles. The van der Waals surface area contributed by atoms with Gasteiger partial charge in [-0.3, -0.25) is 0 Å². The number of aliphatic hydroxyl groups is 1. The molecule has 2 atom stereocenters. The fraction of sp³-hybridized carbons (Fsp3) is 0.438. The zero-order valence-corrected chi connectivity index (χ0v) is 13.1. The predicted molar refractivity (Wildman–Crippen MR) is 82.6 cm³/mol. The van der Waals surface area contributed by atoms with Crippen LogP contribution < -0.4 is 5.32 Å². The van der Waals surface area contributed by atoms with Gasteiger partial charge >= 0.3 is 0 Å². The van der Waals surface area contributed by atoms with Crippen molar-refractivity contribution in [2.75, 3.05) is 20.3 Å². The van der Waals surface area contributed by atoms with Crippen LogP contribution in [0.4, 0.5) is 4.39 Å². The Balaban J connectivity index is 2.08. The number of hydrogen-bond donors (Lipinski definition) is 2. The second kappa shape index (κ2) is 7.49. The summed E-state index contributed by atoms with van der Waals surface area (Å²) in [6, 6.07) is 6.26. The summed E-state index contributed by atoms with van der Waals surface area (Å²) in [5.41, 5.74) is 2.83. The van der Waals surface area contributed by atoms with Gasteiger partial charge in [0.05, 0.1) is 24.6 Å². The van der Waals surface area contributed by atoms with Gasteiger partial charge in [-0.05, 0) is 38.1 Å². The molecule has 6 heteroatoms. The minimum atomic E-state index is -0.542. The van der Waals surface area contributed by atoms with Gasteiger partial charge in [0.2, 0.25) is 0 Å². The molecule has 2 aromatic rings. The predicted octanol–water partition coefficient (Wildman–Crippen LogP) is 1.98. The summed E-state index contributed by atoms with van der Waals surface area (Å²) in [6.45, 7) is 4.72. The summed E-state index contributed by atoms with van der Waals surface area (Å²) >= 11 is 0. The van der Waals surface area contributed by atoms with E-state index in [9.17, 15) is 9.50 Å². The van der Waals surface area contributed by atoms with Crippen molar-refractivity contribution in [3.05, 3.63) is 47.5 Å². The lowest BCUT2D eigenvalue weighted by molar-refractivity contribution is 0.0630. The van der Waals surface area contributed by atoms with E-state index < -0.39 is 6.10 Å². The number of ether oxygens (including phenoxy) is 1. The van der Waals surface area contributed by atoms with Crippen molar-refractivity contribution >= 4 is 0 Å². The van der Waals surface area contributed by atoms with Crippen molar-refractivity contribution in [2.24, 2.45) is 0 Å². The van der Waals surface area contributed by atoms with Crippen LogP contribution in [-0.2, 0) is 4.74 Å². The first kappa shape index (κ1) is 16.6. The lowest BCUT2D eigenvalue weighted by atomic mass is 10.1. The lowest BCUT2D eigenvalue weighted by Crippen LogP contribution is -2.32. The molecule has 0 amide bonds. The molecular weight excluding hydrogens is 285 g/mol. The first-order chi connectivity index (χ1) is 10.5. The minimum Gasteiger partial charge on any atom is -0.389 e. The molecule has 1 aromatic carbocycles. The molecule has 0 spiro atoms. The summed E-state index contributed by atoms with van der Waals surface area (Å²) in [5.74, 6) is -0.268. The zero-order valence-electron chi connectivity index (χ0n) is 13.1. The van der Waals surface area contributed by atoms with Crippen molar-refractivity contribution in [3.63, 3.8) is 0 Å². The maximum Gasteiger partial charge on any atom is 0.123 e. The van der Waals surface area contributed by atoms with E-state index in [0.29, 0.717) is 13.2 Å². The van der Waals surface area contributed by atoms with E-state index in [2.05, 4.69) is 10.4 Å². The van der Waals surface area contributed by atoms with Crippen LogP contribution >= 0.6 is 0 Å². The molecule has 22 heavy (non-hydrogen) atoms. The summed E-state index contributed by atoms with van der Waals surface area (Å²) in [5, 5.41) is 17.3. The first-order valence-corrected chi connectivity index (χ1v) is 7.23. The van der Waals surface area contributed by atoms with Gasteiger partial charge in [0, 0.05) is 31.0 Å². The topological polar surface area (TPSA) is 59.3 Å². The number of methoxy groups -OCH3 is 1. The van der Waals surface area contributed by atoms with Crippen molar-refractivity contribution < 1.29 is 14.2 Å². The molecule has 0 bridgehead atoms. The van der Waals surface area contributed by atoms with E-state index in [1.54, 1.807) is 30.1 Å². The van der Waals surface area contributed by atoms with Crippen LogP contribution in [0.15, 0.2) is 30.5 Å². The smallest absolute Gasteiger partial charge is 0.123 e. The average molecular weight is 307 g/mol. The van der Waals surface area contributed by atoms with Gasteiger partial charge < -0.3 is 15.2 Å². The Morgan fingerprint density at radius 1 is 1.36 bits per heavy atom. The molecule has 1 heterocycles. The summed E-state index contributed by atoms with van der Waals surface area (Å²) < 4.78 is 19.7. The van der Waals surface area contributed by atoms with Gasteiger partial charge in [-0.1, -0.05) is 0 Å². The third-order valence-electron chi connectivity index (χ3n) is 3.60. The lowest BCUT2D eigenvalue weighted by Gasteiger charge is -2.17. The maximum absolute atomic E-state index is 13.0. The van der Waals surface area contributed by atoms with E-state index in [1.807, 2.05) is 13.8 Å². The molecule has 0 saturated heterocycles. The molecule has 0 aliphatic carbocycles. The zero-order chi connectivity index (χ0) is 16.1. The Morgan fingerprint density at radius 3 is 2.68 bits per heavy atom. The highest BCUT2D eigenvalue weighted by atomic mass is 19.1. The van der Waals surface area contributed by atoms with Gasteiger partial charge in [-0.25, -0.2) is 9.07 Å². The highest BCUT2D eigenvalue weighted by Crippen LogP contribution is 2.20. The summed E-state index contributed by atoms with van der Waals surface area (Å²) in [4.78, 5) is 0. The SMILES string of the molecule is COCC(O)CNC(C)c1cnn(-c2ccc(F)cc2)c1C. The fourth-order valence-electron chi connectivity index (χ4n) is 2.36. The standard InChI is InChI=1S/C16H22FN3O2/c1-11(18-8-15(21)10-22-3)16-9-19-20(12(16)2)14-6-4-13(17)5-7-14/h4-7,9,11,15,18,21H,8,10H2,1-3H3. The molecule has 5 nitrogen and oxygen atoms in total. The number of benzene rings is 1. The second-order valence-electron chi connectivity index (χ2n) is 5.31. The maximum atomic E-state index is 13.0. The van der Waals surface area contributed by atoms with Gasteiger partial charge in [-0.15, -0.1) is 0 Å². The quantitative estimate of drug-likeness (QED) is 0.821. The molecule has 2 N–H and O–H groups in total. The van der Waals surface area contributed by atoms with Crippen LogP contribution in [0, 0.1) is 12.7 Å². The number of hydrogen-bond acceptors (Lipinski definition) is 4. The molecule has 120 valence electrons. The number of nitrogens with one attached hydrogen (secondary N) is 1. The van der Waals surface area contributed by atoms with Crippen LogP contribution in [0.3, 0.4) is 0 Å². The van der Waals surface area contributed by atoms with Crippen LogP contribution in [-0.4, -0.2) is 41.3 Å². The van der Waals surface area contributed by atoms with E-state index in [0.717, 1.165) is 16.9 Å². The van der Waals surface area contributed by atoms with Crippen LogP contribution in [0.25, 0.3) is 5.69 Å². The Morgan fingerprint density at radius 2 is 2.05 bits per heavy atom. The normalized spacial score (nSPS) is 14.0. The van der Waals surface area contributed by atoms with Crippen LogP contribution in [0.1, 0.15) is 24.2 Å². The molecule has 2 unspecified atom stereocenters. The monoisotopic (exact) mass is 307 g/mol. The number of rotatable bonds is 7. The van der Waals surface area contributed by atoms with Gasteiger partial charge in [0.15, 0.2) is 0 Å². The summed E-state index contributed by atoms with van der Waals surface area (Å²) in [7, 11) is 1.56. The largest absolute Gasteiger partial charge is 0.389 e. The van der Waals surface area contributed by atoms with E-state index in [1.165, 1.54) is 12.1 Å². The van der Waals surface area contributed by atoms with Crippen LogP contribution in [0.2, 0.25) is 0 Å². The molecule has 0 aliphatic rings. The Kier molecular flexibility index (Phi) is 5.65. The molecule has 1 aromatic heterocycles. The van der Waals surface area contributed by atoms with Crippen LogP contribution in [0.5, 0.6) is 0 Å². The molecule has 0 saturated carbocycles. The molecule has 0 radical (unpaired) electrons.